The number of anilines is 1. The summed E-state index contributed by atoms with van der Waals surface area (Å²) in [6.45, 7) is 0.0194. The maximum atomic E-state index is 12.0. The van der Waals surface area contributed by atoms with Crippen LogP contribution in [-0.4, -0.2) is 39.0 Å². The summed E-state index contributed by atoms with van der Waals surface area (Å²) in [7, 11) is 4.63. The van der Waals surface area contributed by atoms with Gasteiger partial charge in [0.1, 0.15) is 23.4 Å². The molecule has 134 valence electrons. The molecular weight excluding hydrogens is 324 g/mol. The molecule has 7 nitrogen and oxygen atoms in total. The van der Waals surface area contributed by atoms with Gasteiger partial charge >= 0.3 is 6.03 Å². The fourth-order valence-electron chi connectivity index (χ4n) is 2.25. The summed E-state index contributed by atoms with van der Waals surface area (Å²) >= 11 is 0. The average Bonchev–Trinajstić information content (AvgIpc) is 2.66. The van der Waals surface area contributed by atoms with Gasteiger partial charge in [0.05, 0.1) is 21.3 Å². The number of carbonyl (C=O) groups excluding carboxylic acids is 1. The van der Waals surface area contributed by atoms with Crippen LogP contribution in [0.15, 0.2) is 42.5 Å². The highest BCUT2D eigenvalue weighted by molar-refractivity contribution is 5.89. The predicted molar refractivity (Wildman–Crippen MR) is 94.5 cm³/mol. The molecule has 1 unspecified atom stereocenters. The number of urea groups is 1. The van der Waals surface area contributed by atoms with Crippen LogP contribution in [0.4, 0.5) is 10.5 Å². The number of benzene rings is 2. The van der Waals surface area contributed by atoms with Gasteiger partial charge in [0.2, 0.25) is 0 Å². The molecule has 0 aromatic heterocycles. The molecule has 0 saturated carbocycles. The number of nitrogens with one attached hydrogen (secondary N) is 2. The molecule has 0 bridgehead atoms. The lowest BCUT2D eigenvalue weighted by Gasteiger charge is -2.17. The molecule has 3 N–H and O–H groups in total. The van der Waals surface area contributed by atoms with E-state index in [1.54, 1.807) is 56.7 Å². The van der Waals surface area contributed by atoms with Gasteiger partial charge in [-0.3, -0.25) is 0 Å². The summed E-state index contributed by atoms with van der Waals surface area (Å²) in [5.41, 5.74) is 1.15. The van der Waals surface area contributed by atoms with E-state index in [4.69, 9.17) is 14.2 Å². The van der Waals surface area contributed by atoms with Crippen LogP contribution >= 0.6 is 0 Å². The third kappa shape index (κ3) is 5.02. The molecule has 0 aliphatic carbocycles. The van der Waals surface area contributed by atoms with Crippen LogP contribution in [0.2, 0.25) is 0 Å². The predicted octanol–water partition coefficient (Wildman–Crippen LogP) is 2.57. The van der Waals surface area contributed by atoms with Gasteiger partial charge in [0, 0.05) is 17.8 Å². The van der Waals surface area contributed by atoms with Crippen molar-refractivity contribution in [3.05, 3.63) is 48.0 Å². The molecule has 0 heterocycles. The highest BCUT2D eigenvalue weighted by atomic mass is 16.5. The van der Waals surface area contributed by atoms with Crippen molar-refractivity contribution in [2.45, 2.75) is 6.10 Å². The van der Waals surface area contributed by atoms with Crippen LogP contribution in [-0.2, 0) is 0 Å². The summed E-state index contributed by atoms with van der Waals surface area (Å²) in [4.78, 5) is 12.0. The van der Waals surface area contributed by atoms with E-state index in [-0.39, 0.29) is 6.54 Å². The minimum absolute atomic E-state index is 0.0194. The highest BCUT2D eigenvalue weighted by Gasteiger charge is 2.15. The molecule has 0 radical (unpaired) electrons. The zero-order chi connectivity index (χ0) is 18.2. The van der Waals surface area contributed by atoms with Crippen molar-refractivity contribution < 1.29 is 24.1 Å². The molecule has 2 amide bonds. The van der Waals surface area contributed by atoms with Gasteiger partial charge in [-0.1, -0.05) is 0 Å². The molecule has 2 rings (SSSR count). The van der Waals surface area contributed by atoms with Crippen molar-refractivity contribution in [2.24, 2.45) is 0 Å². The van der Waals surface area contributed by atoms with Gasteiger partial charge in [0.25, 0.3) is 0 Å². The van der Waals surface area contributed by atoms with Crippen molar-refractivity contribution >= 4 is 11.7 Å². The average molecular weight is 346 g/mol. The van der Waals surface area contributed by atoms with Gasteiger partial charge in [-0.25, -0.2) is 4.79 Å². The Morgan fingerprint density at radius 3 is 2.24 bits per heavy atom. The number of hydrogen-bond acceptors (Lipinski definition) is 5. The monoisotopic (exact) mass is 346 g/mol. The Balaban J connectivity index is 1.94. The lowest BCUT2D eigenvalue weighted by atomic mass is 10.1. The minimum Gasteiger partial charge on any atom is -0.497 e. The van der Waals surface area contributed by atoms with Crippen molar-refractivity contribution in [1.29, 1.82) is 0 Å². The zero-order valence-corrected chi connectivity index (χ0v) is 14.4. The Labute approximate surface area is 146 Å². The number of rotatable bonds is 7. The first-order valence-electron chi connectivity index (χ1n) is 7.66. The van der Waals surface area contributed by atoms with Crippen LogP contribution in [0, 0.1) is 0 Å². The number of aliphatic hydroxyl groups is 1. The molecule has 25 heavy (non-hydrogen) atoms. The quantitative estimate of drug-likeness (QED) is 0.717. The molecule has 0 fully saturated rings. The standard InChI is InChI=1S/C18H22N2O5/c1-23-13-6-4-12(5-7-13)20-18(22)19-11-16(21)15-10-14(24-2)8-9-17(15)25-3/h4-10,16,21H,11H2,1-3H3,(H2,19,20,22). The second kappa shape index (κ2) is 8.79. The SMILES string of the molecule is COc1ccc(NC(=O)NCC(O)c2cc(OC)ccc2OC)cc1. The Morgan fingerprint density at radius 2 is 1.64 bits per heavy atom. The molecule has 2 aromatic carbocycles. The Bertz CT molecular complexity index is 703. The maximum Gasteiger partial charge on any atom is 0.319 e. The minimum atomic E-state index is -0.938. The molecule has 7 heteroatoms. The van der Waals surface area contributed by atoms with Gasteiger partial charge in [0.15, 0.2) is 0 Å². The highest BCUT2D eigenvalue weighted by Crippen LogP contribution is 2.29. The number of methoxy groups -OCH3 is 3. The molecule has 1 atom stereocenters. The number of carbonyl (C=O) groups is 1. The fraction of sp³-hybridized carbons (Fsp3) is 0.278. The van der Waals surface area contributed by atoms with Gasteiger partial charge in [-0.05, 0) is 42.5 Å². The second-order valence-electron chi connectivity index (χ2n) is 5.19. The van der Waals surface area contributed by atoms with Crippen LogP contribution < -0.4 is 24.8 Å². The molecule has 0 aliphatic heterocycles. The van der Waals surface area contributed by atoms with Gasteiger partial charge in [-0.15, -0.1) is 0 Å². The topological polar surface area (TPSA) is 89.1 Å². The summed E-state index contributed by atoms with van der Waals surface area (Å²) in [5, 5.41) is 15.6. The Hall–Kier alpha value is -2.93. The van der Waals surface area contributed by atoms with Gasteiger partial charge < -0.3 is 30.0 Å². The third-order valence-corrected chi connectivity index (χ3v) is 3.60. The smallest absolute Gasteiger partial charge is 0.319 e. The molecular formula is C18H22N2O5. The summed E-state index contributed by atoms with van der Waals surface area (Å²) in [5.74, 6) is 1.81. The van der Waals surface area contributed by atoms with E-state index in [2.05, 4.69) is 10.6 Å². The van der Waals surface area contributed by atoms with E-state index in [1.807, 2.05) is 0 Å². The van der Waals surface area contributed by atoms with Gasteiger partial charge in [-0.2, -0.15) is 0 Å². The molecule has 0 spiro atoms. The maximum absolute atomic E-state index is 12.0. The lowest BCUT2D eigenvalue weighted by molar-refractivity contribution is 0.170. The van der Waals surface area contributed by atoms with E-state index in [1.165, 1.54) is 7.11 Å². The van der Waals surface area contributed by atoms with E-state index >= 15 is 0 Å². The van der Waals surface area contributed by atoms with Crippen LogP contribution in [0.5, 0.6) is 17.2 Å². The Kier molecular flexibility index (Phi) is 6.47. The normalized spacial score (nSPS) is 11.4. The first kappa shape index (κ1) is 18.4. The number of aliphatic hydroxyl groups excluding tert-OH is 1. The first-order valence-corrected chi connectivity index (χ1v) is 7.66. The lowest BCUT2D eigenvalue weighted by Crippen LogP contribution is -2.32. The van der Waals surface area contributed by atoms with Crippen LogP contribution in [0.25, 0.3) is 0 Å². The summed E-state index contributed by atoms with van der Waals surface area (Å²) < 4.78 is 15.4. The van der Waals surface area contributed by atoms with E-state index < -0.39 is 12.1 Å². The summed E-state index contributed by atoms with van der Waals surface area (Å²) in [6, 6.07) is 11.6. The molecule has 0 saturated heterocycles. The zero-order valence-electron chi connectivity index (χ0n) is 14.4. The third-order valence-electron chi connectivity index (χ3n) is 3.60. The fourth-order valence-corrected chi connectivity index (χ4v) is 2.25. The van der Waals surface area contributed by atoms with Crippen molar-refractivity contribution in [3.63, 3.8) is 0 Å². The number of ether oxygens (including phenoxy) is 3. The summed E-state index contributed by atoms with van der Waals surface area (Å²) in [6.07, 6.45) is -0.938. The van der Waals surface area contributed by atoms with Crippen molar-refractivity contribution in [1.82, 2.24) is 5.32 Å². The van der Waals surface area contributed by atoms with Crippen LogP contribution in [0.1, 0.15) is 11.7 Å². The van der Waals surface area contributed by atoms with E-state index in [9.17, 15) is 9.90 Å². The molecule has 2 aromatic rings. The van der Waals surface area contributed by atoms with Crippen molar-refractivity contribution in [3.8, 4) is 17.2 Å². The largest absolute Gasteiger partial charge is 0.497 e. The van der Waals surface area contributed by atoms with Crippen molar-refractivity contribution in [2.75, 3.05) is 33.2 Å². The van der Waals surface area contributed by atoms with E-state index in [0.29, 0.717) is 28.5 Å². The Morgan fingerprint density at radius 1 is 1.00 bits per heavy atom. The first-order chi connectivity index (χ1) is 12.1. The van der Waals surface area contributed by atoms with E-state index in [0.717, 1.165) is 0 Å². The second-order valence-corrected chi connectivity index (χ2v) is 5.19. The van der Waals surface area contributed by atoms with Crippen LogP contribution in [0.3, 0.4) is 0 Å². The number of hydrogen-bond donors (Lipinski definition) is 3. The number of amides is 2. The molecule has 0 aliphatic rings.